The van der Waals surface area contributed by atoms with Crippen molar-refractivity contribution < 1.29 is 41.7 Å². The standard InChI is InChI=1S/C20H19F3O6/c1-26-17(18(24)27-2)16(29-19(25)20(21,22)23)14-8-10-15(11-9-14)28-12-13-6-4-3-5-7-13/h3-11,16-17H,12H2,1-2H3. The normalized spacial score (nSPS) is 13.3. The van der Waals surface area contributed by atoms with Crippen LogP contribution < -0.4 is 4.74 Å². The second-order valence-electron chi connectivity index (χ2n) is 5.85. The van der Waals surface area contributed by atoms with E-state index in [0.717, 1.165) is 19.8 Å². The lowest BCUT2D eigenvalue weighted by atomic mass is 10.0. The second kappa shape index (κ2) is 9.92. The van der Waals surface area contributed by atoms with Crippen LogP contribution >= 0.6 is 0 Å². The Morgan fingerprint density at radius 1 is 0.966 bits per heavy atom. The molecule has 156 valence electrons. The van der Waals surface area contributed by atoms with Crippen LogP contribution in [0.2, 0.25) is 0 Å². The van der Waals surface area contributed by atoms with Gasteiger partial charge in [0.05, 0.1) is 7.11 Å². The fourth-order valence-corrected chi connectivity index (χ4v) is 2.44. The Labute approximate surface area is 165 Å². The zero-order chi connectivity index (χ0) is 21.4. The van der Waals surface area contributed by atoms with Gasteiger partial charge >= 0.3 is 18.1 Å². The van der Waals surface area contributed by atoms with Gasteiger partial charge in [-0.25, -0.2) is 9.59 Å². The van der Waals surface area contributed by atoms with Crippen molar-refractivity contribution in [1.29, 1.82) is 0 Å². The highest BCUT2D eigenvalue weighted by atomic mass is 19.4. The minimum absolute atomic E-state index is 0.104. The summed E-state index contributed by atoms with van der Waals surface area (Å²) in [5.74, 6) is -3.00. The van der Waals surface area contributed by atoms with Gasteiger partial charge in [-0.3, -0.25) is 0 Å². The Morgan fingerprint density at radius 3 is 2.10 bits per heavy atom. The molecule has 0 saturated heterocycles. The van der Waals surface area contributed by atoms with Crippen LogP contribution in [0.3, 0.4) is 0 Å². The van der Waals surface area contributed by atoms with E-state index in [2.05, 4.69) is 9.47 Å². The summed E-state index contributed by atoms with van der Waals surface area (Å²) in [4.78, 5) is 23.2. The molecule has 2 aromatic carbocycles. The molecule has 0 spiro atoms. The zero-order valence-corrected chi connectivity index (χ0v) is 15.6. The minimum atomic E-state index is -5.23. The third kappa shape index (κ3) is 6.21. The lowest BCUT2D eigenvalue weighted by Crippen LogP contribution is -2.37. The van der Waals surface area contributed by atoms with Gasteiger partial charge in [0.15, 0.2) is 12.2 Å². The lowest BCUT2D eigenvalue weighted by molar-refractivity contribution is -0.212. The molecular weight excluding hydrogens is 393 g/mol. The molecule has 0 heterocycles. The maximum atomic E-state index is 12.6. The monoisotopic (exact) mass is 412 g/mol. The summed E-state index contributed by atoms with van der Waals surface area (Å²) in [6.45, 7) is 0.287. The van der Waals surface area contributed by atoms with E-state index in [1.54, 1.807) is 0 Å². The van der Waals surface area contributed by atoms with Gasteiger partial charge in [0.2, 0.25) is 0 Å². The summed E-state index contributed by atoms with van der Waals surface area (Å²) < 4.78 is 57.5. The number of carbonyl (C=O) groups excluding carboxylic acids is 2. The predicted molar refractivity (Wildman–Crippen MR) is 94.9 cm³/mol. The summed E-state index contributed by atoms with van der Waals surface area (Å²) in [6.07, 6.45) is -8.47. The second-order valence-corrected chi connectivity index (χ2v) is 5.85. The predicted octanol–water partition coefficient (Wildman–Crippen LogP) is 3.60. The van der Waals surface area contributed by atoms with E-state index in [1.807, 2.05) is 30.3 Å². The smallest absolute Gasteiger partial charge is 0.489 e. The van der Waals surface area contributed by atoms with Crippen molar-refractivity contribution in [3.05, 3.63) is 65.7 Å². The van der Waals surface area contributed by atoms with Crippen LogP contribution in [-0.4, -0.2) is 38.4 Å². The molecular formula is C20H19F3O6. The number of ether oxygens (including phenoxy) is 4. The third-order valence-electron chi connectivity index (χ3n) is 3.88. The van der Waals surface area contributed by atoms with Gasteiger partial charge in [0, 0.05) is 7.11 Å². The molecule has 6 nitrogen and oxygen atoms in total. The molecule has 29 heavy (non-hydrogen) atoms. The lowest BCUT2D eigenvalue weighted by Gasteiger charge is -2.25. The number of methoxy groups -OCH3 is 2. The highest BCUT2D eigenvalue weighted by Crippen LogP contribution is 2.29. The summed E-state index contributed by atoms with van der Waals surface area (Å²) >= 11 is 0. The van der Waals surface area contributed by atoms with E-state index in [9.17, 15) is 22.8 Å². The van der Waals surface area contributed by atoms with Crippen LogP contribution in [0.5, 0.6) is 5.75 Å². The molecule has 2 unspecified atom stereocenters. The maximum absolute atomic E-state index is 12.6. The van der Waals surface area contributed by atoms with Crippen LogP contribution in [0.1, 0.15) is 17.2 Å². The quantitative estimate of drug-likeness (QED) is 0.617. The molecule has 0 N–H and O–H groups in total. The first kappa shape index (κ1) is 22.2. The number of halogens is 3. The molecule has 0 aliphatic carbocycles. The molecule has 9 heteroatoms. The molecule has 2 rings (SSSR count). The molecule has 2 atom stereocenters. The van der Waals surface area contributed by atoms with Gasteiger partial charge in [-0.05, 0) is 23.3 Å². The Balaban J connectivity index is 2.20. The first-order valence-corrected chi connectivity index (χ1v) is 8.41. The van der Waals surface area contributed by atoms with Gasteiger partial charge in [-0.1, -0.05) is 42.5 Å². The van der Waals surface area contributed by atoms with Crippen LogP contribution in [0, 0.1) is 0 Å². The number of hydrogen-bond acceptors (Lipinski definition) is 6. The zero-order valence-electron chi connectivity index (χ0n) is 15.6. The van der Waals surface area contributed by atoms with Gasteiger partial charge in [0.25, 0.3) is 0 Å². The minimum Gasteiger partial charge on any atom is -0.489 e. The highest BCUT2D eigenvalue weighted by molar-refractivity contribution is 5.79. The van der Waals surface area contributed by atoms with Crippen LogP contribution in [-0.2, 0) is 30.4 Å². The molecule has 2 aromatic rings. The molecule has 0 aliphatic heterocycles. The average Bonchev–Trinajstić information content (AvgIpc) is 2.72. The molecule has 0 aromatic heterocycles. The number of rotatable bonds is 8. The molecule has 0 radical (unpaired) electrons. The van der Waals surface area contributed by atoms with Crippen molar-refractivity contribution in [2.45, 2.75) is 25.0 Å². The summed E-state index contributed by atoms with van der Waals surface area (Å²) in [5.41, 5.74) is 1.03. The average molecular weight is 412 g/mol. The van der Waals surface area contributed by atoms with E-state index in [0.29, 0.717) is 5.75 Å². The third-order valence-corrected chi connectivity index (χ3v) is 3.88. The number of esters is 2. The largest absolute Gasteiger partial charge is 0.490 e. The van der Waals surface area contributed by atoms with E-state index < -0.39 is 30.3 Å². The highest BCUT2D eigenvalue weighted by Gasteiger charge is 2.45. The van der Waals surface area contributed by atoms with E-state index in [4.69, 9.17) is 9.47 Å². The van der Waals surface area contributed by atoms with E-state index in [-0.39, 0.29) is 12.2 Å². The summed E-state index contributed by atoms with van der Waals surface area (Å²) in [5, 5.41) is 0. The molecule has 0 bridgehead atoms. The number of benzene rings is 2. The molecule has 0 fully saturated rings. The Hall–Kier alpha value is -3.07. The summed E-state index contributed by atoms with van der Waals surface area (Å²) in [7, 11) is 2.13. The van der Waals surface area contributed by atoms with Gasteiger partial charge in [-0.15, -0.1) is 0 Å². The topological polar surface area (TPSA) is 71.1 Å². The van der Waals surface area contributed by atoms with Crippen LogP contribution in [0.25, 0.3) is 0 Å². The Morgan fingerprint density at radius 2 is 1.59 bits per heavy atom. The SMILES string of the molecule is COC(=O)C(OC)C(OC(=O)C(F)(F)F)c1ccc(OCc2ccccc2)cc1. The number of carbonyl (C=O) groups is 2. The van der Waals surface area contributed by atoms with Gasteiger partial charge in [-0.2, -0.15) is 13.2 Å². The number of hydrogen-bond donors (Lipinski definition) is 0. The maximum Gasteiger partial charge on any atom is 0.490 e. The van der Waals surface area contributed by atoms with E-state index in [1.165, 1.54) is 24.3 Å². The van der Waals surface area contributed by atoms with Gasteiger partial charge in [0.1, 0.15) is 12.4 Å². The fraction of sp³-hybridized carbons (Fsp3) is 0.300. The number of alkyl halides is 3. The van der Waals surface area contributed by atoms with Crippen molar-refractivity contribution in [3.63, 3.8) is 0 Å². The molecule has 0 aliphatic rings. The fourth-order valence-electron chi connectivity index (χ4n) is 2.44. The molecule has 0 amide bonds. The van der Waals surface area contributed by atoms with Crippen molar-refractivity contribution in [3.8, 4) is 5.75 Å². The van der Waals surface area contributed by atoms with Crippen molar-refractivity contribution in [2.75, 3.05) is 14.2 Å². The van der Waals surface area contributed by atoms with Crippen molar-refractivity contribution in [2.24, 2.45) is 0 Å². The first-order valence-electron chi connectivity index (χ1n) is 8.41. The van der Waals surface area contributed by atoms with Crippen molar-refractivity contribution in [1.82, 2.24) is 0 Å². The van der Waals surface area contributed by atoms with Crippen LogP contribution in [0.4, 0.5) is 13.2 Å². The van der Waals surface area contributed by atoms with Crippen LogP contribution in [0.15, 0.2) is 54.6 Å². The Bertz CT molecular complexity index is 805. The van der Waals surface area contributed by atoms with Crippen molar-refractivity contribution >= 4 is 11.9 Å². The molecule has 0 saturated carbocycles. The first-order chi connectivity index (χ1) is 13.8. The summed E-state index contributed by atoms with van der Waals surface area (Å²) in [6, 6.07) is 15.1. The van der Waals surface area contributed by atoms with E-state index >= 15 is 0 Å². The van der Waals surface area contributed by atoms with Gasteiger partial charge < -0.3 is 18.9 Å². The Kier molecular flexibility index (Phi) is 7.60.